The lowest BCUT2D eigenvalue weighted by Crippen LogP contribution is -2.14. The van der Waals surface area contributed by atoms with Crippen molar-refractivity contribution in [3.63, 3.8) is 0 Å². The zero-order valence-corrected chi connectivity index (χ0v) is 17.3. The highest BCUT2D eigenvalue weighted by Gasteiger charge is 2.20. The summed E-state index contributed by atoms with van der Waals surface area (Å²) in [5.41, 5.74) is 2.18. The highest BCUT2D eigenvalue weighted by Crippen LogP contribution is 2.29. The predicted octanol–water partition coefficient (Wildman–Crippen LogP) is 3.47. The Morgan fingerprint density at radius 1 is 1.19 bits per heavy atom. The number of benzene rings is 1. The van der Waals surface area contributed by atoms with E-state index in [1.165, 1.54) is 28.0 Å². The summed E-state index contributed by atoms with van der Waals surface area (Å²) >= 11 is 1.24. The van der Waals surface area contributed by atoms with Gasteiger partial charge in [-0.25, -0.2) is 4.98 Å². The molecule has 0 aliphatic heterocycles. The number of aryl methyl sites for hydroxylation is 2. The molecule has 31 heavy (non-hydrogen) atoms. The van der Waals surface area contributed by atoms with Crippen LogP contribution in [0.15, 0.2) is 47.4 Å². The molecule has 0 aliphatic carbocycles. The Bertz CT molecular complexity index is 1550. The number of rotatable bonds is 4. The van der Waals surface area contributed by atoms with Gasteiger partial charge in [-0.3, -0.25) is 14.9 Å². The maximum atomic E-state index is 13.2. The molecule has 0 aliphatic rings. The van der Waals surface area contributed by atoms with Gasteiger partial charge >= 0.3 is 0 Å². The molecule has 0 atom stereocenters. The second-order valence-electron chi connectivity index (χ2n) is 6.91. The molecule has 5 aromatic rings. The topological polar surface area (TPSA) is 121 Å². The van der Waals surface area contributed by atoms with Gasteiger partial charge in [0.1, 0.15) is 10.7 Å². The first-order valence-electron chi connectivity index (χ1n) is 9.44. The molecular formula is C20H15N7O3S. The first kappa shape index (κ1) is 19.0. The number of pyridine rings is 2. The van der Waals surface area contributed by atoms with Crippen LogP contribution in [0.3, 0.4) is 0 Å². The minimum Gasteiger partial charge on any atom is -0.332 e. The number of non-ortho nitro benzene ring substituents is 1. The molecule has 0 spiro atoms. The van der Waals surface area contributed by atoms with Gasteiger partial charge in [-0.15, -0.1) is 10.2 Å². The van der Waals surface area contributed by atoms with Gasteiger partial charge in [0, 0.05) is 36.1 Å². The first-order chi connectivity index (χ1) is 15.0. The SMILES string of the molecule is CCn1cc(-c2nnc3sc(-c4cccc([N+](=O)[O-])c4)nn23)c(=O)c2ccc(C)nc21. The van der Waals surface area contributed by atoms with Gasteiger partial charge in [-0.05, 0) is 26.0 Å². The van der Waals surface area contributed by atoms with Crippen molar-refractivity contribution in [3.05, 3.63) is 68.6 Å². The van der Waals surface area contributed by atoms with E-state index in [1.807, 2.05) is 18.4 Å². The molecule has 0 radical (unpaired) electrons. The zero-order chi connectivity index (χ0) is 21.7. The standard InChI is InChI=1S/C20H15N7O3S/c1-3-25-10-15(16(28)14-8-7-11(2)21-17(14)25)18-22-23-20-26(18)24-19(31-20)12-5-4-6-13(9-12)27(29)30/h4-10H,3H2,1-2H3. The Hall–Kier alpha value is -3.99. The van der Waals surface area contributed by atoms with Gasteiger partial charge in [-0.2, -0.15) is 9.61 Å². The fraction of sp³-hybridized carbons (Fsp3) is 0.150. The van der Waals surface area contributed by atoms with Crippen molar-refractivity contribution in [1.82, 2.24) is 29.4 Å². The molecule has 0 fully saturated rings. The highest BCUT2D eigenvalue weighted by atomic mass is 32.1. The number of aromatic nitrogens is 6. The molecule has 0 saturated heterocycles. The Kier molecular flexibility index (Phi) is 4.33. The molecule has 0 saturated carbocycles. The largest absolute Gasteiger partial charge is 0.332 e. The number of nitro groups is 1. The number of nitrogens with zero attached hydrogens (tertiary/aromatic N) is 7. The molecule has 4 aromatic heterocycles. The molecular weight excluding hydrogens is 418 g/mol. The maximum absolute atomic E-state index is 13.2. The molecule has 0 amide bonds. The number of nitro benzene ring substituents is 1. The first-order valence-corrected chi connectivity index (χ1v) is 10.3. The summed E-state index contributed by atoms with van der Waals surface area (Å²) in [4.78, 5) is 28.8. The second-order valence-corrected chi connectivity index (χ2v) is 7.87. The minimum atomic E-state index is -0.451. The van der Waals surface area contributed by atoms with E-state index < -0.39 is 4.92 Å². The lowest BCUT2D eigenvalue weighted by atomic mass is 10.1. The Balaban J connectivity index is 1.70. The molecule has 4 heterocycles. The highest BCUT2D eigenvalue weighted by molar-refractivity contribution is 7.19. The summed E-state index contributed by atoms with van der Waals surface area (Å²) in [7, 11) is 0. The van der Waals surface area contributed by atoms with Crippen molar-refractivity contribution >= 4 is 33.0 Å². The predicted molar refractivity (Wildman–Crippen MR) is 116 cm³/mol. The summed E-state index contributed by atoms with van der Waals surface area (Å²) in [5.74, 6) is 0.317. The maximum Gasteiger partial charge on any atom is 0.270 e. The molecule has 5 rings (SSSR count). The molecule has 11 heteroatoms. The normalized spacial score (nSPS) is 11.4. The van der Waals surface area contributed by atoms with Crippen molar-refractivity contribution < 1.29 is 4.92 Å². The van der Waals surface area contributed by atoms with Crippen LogP contribution in [0.1, 0.15) is 12.6 Å². The van der Waals surface area contributed by atoms with Crippen molar-refractivity contribution in [2.45, 2.75) is 20.4 Å². The number of hydrogen-bond acceptors (Lipinski definition) is 8. The van der Waals surface area contributed by atoms with Gasteiger partial charge in [-0.1, -0.05) is 23.5 Å². The van der Waals surface area contributed by atoms with Crippen LogP contribution in [0.2, 0.25) is 0 Å². The number of hydrogen-bond donors (Lipinski definition) is 0. The van der Waals surface area contributed by atoms with Crippen LogP contribution in [0.5, 0.6) is 0 Å². The average Bonchev–Trinajstić information content (AvgIpc) is 3.35. The van der Waals surface area contributed by atoms with Crippen LogP contribution >= 0.6 is 11.3 Å². The molecule has 154 valence electrons. The lowest BCUT2D eigenvalue weighted by Gasteiger charge is -2.10. The van der Waals surface area contributed by atoms with Gasteiger partial charge in [0.2, 0.25) is 10.4 Å². The van der Waals surface area contributed by atoms with E-state index in [0.29, 0.717) is 44.5 Å². The second kappa shape index (κ2) is 7.06. The van der Waals surface area contributed by atoms with E-state index in [9.17, 15) is 14.9 Å². The van der Waals surface area contributed by atoms with Crippen LogP contribution in [0.4, 0.5) is 5.69 Å². The van der Waals surface area contributed by atoms with Gasteiger partial charge in [0.15, 0.2) is 5.82 Å². The third-order valence-corrected chi connectivity index (χ3v) is 5.88. The van der Waals surface area contributed by atoms with Crippen LogP contribution in [0, 0.1) is 17.0 Å². The summed E-state index contributed by atoms with van der Waals surface area (Å²) in [6.07, 6.45) is 1.72. The molecule has 1 aromatic carbocycles. The van der Waals surface area contributed by atoms with Crippen molar-refractivity contribution in [2.75, 3.05) is 0 Å². The molecule has 10 nitrogen and oxygen atoms in total. The summed E-state index contributed by atoms with van der Waals surface area (Å²) in [6, 6.07) is 9.80. The third-order valence-electron chi connectivity index (χ3n) is 4.94. The van der Waals surface area contributed by atoms with E-state index in [1.54, 1.807) is 30.5 Å². The van der Waals surface area contributed by atoms with E-state index in [0.717, 1.165) is 5.69 Å². The van der Waals surface area contributed by atoms with Crippen LogP contribution in [-0.2, 0) is 6.54 Å². The fourth-order valence-corrected chi connectivity index (χ4v) is 4.25. The van der Waals surface area contributed by atoms with Gasteiger partial charge < -0.3 is 4.57 Å². The summed E-state index contributed by atoms with van der Waals surface area (Å²) < 4.78 is 3.40. The smallest absolute Gasteiger partial charge is 0.270 e. The van der Waals surface area contributed by atoms with Crippen molar-refractivity contribution in [2.24, 2.45) is 0 Å². The number of fused-ring (bicyclic) bond motifs is 2. The lowest BCUT2D eigenvalue weighted by molar-refractivity contribution is -0.384. The van der Waals surface area contributed by atoms with Gasteiger partial charge in [0.05, 0.1) is 15.9 Å². The van der Waals surface area contributed by atoms with E-state index in [-0.39, 0.29) is 11.1 Å². The summed E-state index contributed by atoms with van der Waals surface area (Å²) in [6.45, 7) is 4.48. The Morgan fingerprint density at radius 2 is 2.03 bits per heavy atom. The fourth-order valence-electron chi connectivity index (χ4n) is 3.41. The minimum absolute atomic E-state index is 0.0214. The quantitative estimate of drug-likeness (QED) is 0.314. The van der Waals surface area contributed by atoms with Crippen LogP contribution < -0.4 is 5.43 Å². The third kappa shape index (κ3) is 3.06. The Labute approximate surface area is 178 Å². The molecule has 0 N–H and O–H groups in total. The average molecular weight is 433 g/mol. The van der Waals surface area contributed by atoms with Crippen molar-refractivity contribution in [1.29, 1.82) is 0 Å². The van der Waals surface area contributed by atoms with E-state index in [2.05, 4.69) is 20.3 Å². The zero-order valence-electron chi connectivity index (χ0n) is 16.5. The van der Waals surface area contributed by atoms with Crippen molar-refractivity contribution in [3.8, 4) is 22.0 Å². The summed E-state index contributed by atoms with van der Waals surface area (Å²) in [5, 5.41) is 25.0. The molecule has 0 bridgehead atoms. The van der Waals surface area contributed by atoms with E-state index >= 15 is 0 Å². The van der Waals surface area contributed by atoms with Crippen LogP contribution in [-0.4, -0.2) is 34.3 Å². The molecule has 0 unspecified atom stereocenters. The van der Waals surface area contributed by atoms with E-state index in [4.69, 9.17) is 0 Å². The Morgan fingerprint density at radius 3 is 2.81 bits per heavy atom. The van der Waals surface area contributed by atoms with Crippen LogP contribution in [0.25, 0.3) is 38.0 Å². The monoisotopic (exact) mass is 433 g/mol. The van der Waals surface area contributed by atoms with Gasteiger partial charge in [0.25, 0.3) is 5.69 Å².